The van der Waals surface area contributed by atoms with Gasteiger partial charge in [-0.25, -0.2) is 0 Å². The van der Waals surface area contributed by atoms with Crippen molar-refractivity contribution in [2.75, 3.05) is 19.4 Å². The molecule has 1 aliphatic heterocycles. The highest BCUT2D eigenvalue weighted by molar-refractivity contribution is 6.33. The first kappa shape index (κ1) is 17.1. The van der Waals surface area contributed by atoms with E-state index in [0.29, 0.717) is 29.3 Å². The van der Waals surface area contributed by atoms with Gasteiger partial charge in [-0.1, -0.05) is 41.9 Å². The van der Waals surface area contributed by atoms with E-state index >= 15 is 0 Å². The third-order valence-electron chi connectivity index (χ3n) is 4.57. The first-order chi connectivity index (χ1) is 11.7. The molecular formula is C19H24ClN3O. The van der Waals surface area contributed by atoms with Gasteiger partial charge in [-0.2, -0.15) is 0 Å². The number of benzene rings is 2. The third-order valence-corrected chi connectivity index (χ3v) is 4.90. The Morgan fingerprint density at radius 2 is 2.08 bits per heavy atom. The molecule has 1 aliphatic rings. The minimum Gasteiger partial charge on any atom is -0.496 e. The average Bonchev–Trinajstić information content (AvgIpc) is 2.63. The molecule has 2 aromatic rings. The number of anilines is 1. The lowest BCUT2D eigenvalue weighted by molar-refractivity contribution is 0.303. The van der Waals surface area contributed by atoms with Crippen molar-refractivity contribution in [1.29, 1.82) is 0 Å². The molecule has 1 saturated heterocycles. The molecule has 0 unspecified atom stereocenters. The highest BCUT2D eigenvalue weighted by Gasteiger charge is 2.25. The summed E-state index contributed by atoms with van der Waals surface area (Å²) in [7, 11) is 1.65. The molecule has 1 heterocycles. The number of halogens is 1. The largest absolute Gasteiger partial charge is 0.496 e. The van der Waals surface area contributed by atoms with Crippen LogP contribution < -0.4 is 21.1 Å². The molecule has 0 aliphatic carbocycles. The van der Waals surface area contributed by atoms with Gasteiger partial charge in [-0.15, -0.1) is 0 Å². The van der Waals surface area contributed by atoms with Gasteiger partial charge in [-0.3, -0.25) is 0 Å². The van der Waals surface area contributed by atoms with Gasteiger partial charge in [0, 0.05) is 30.3 Å². The summed E-state index contributed by atoms with van der Waals surface area (Å²) >= 11 is 6.17. The molecule has 4 nitrogen and oxygen atoms in total. The SMILES string of the molecule is COc1cc(N)c(Cl)cc1CN[C@H]1CCCN[C@H]1c1ccccc1. The standard InChI is InChI=1S/C19H24ClN3O/c1-24-18-11-16(21)15(20)10-14(18)12-23-17-8-5-9-22-19(17)13-6-3-2-4-7-13/h2-4,6-7,10-11,17,19,22-23H,5,8-9,12,21H2,1H3/t17-,19-/m0/s1. The van der Waals surface area contributed by atoms with E-state index in [1.165, 1.54) is 12.0 Å². The zero-order valence-electron chi connectivity index (χ0n) is 13.9. The van der Waals surface area contributed by atoms with E-state index in [4.69, 9.17) is 22.1 Å². The number of nitrogens with one attached hydrogen (secondary N) is 2. The van der Waals surface area contributed by atoms with E-state index < -0.39 is 0 Å². The summed E-state index contributed by atoms with van der Waals surface area (Å²) < 4.78 is 5.44. The maximum atomic E-state index is 6.17. The van der Waals surface area contributed by atoms with E-state index in [1.807, 2.05) is 6.07 Å². The molecule has 2 atom stereocenters. The Morgan fingerprint density at radius 3 is 2.83 bits per heavy atom. The second kappa shape index (κ2) is 7.88. The topological polar surface area (TPSA) is 59.3 Å². The van der Waals surface area contributed by atoms with Crippen molar-refractivity contribution in [2.45, 2.75) is 31.5 Å². The zero-order chi connectivity index (χ0) is 16.9. The Balaban J connectivity index is 1.74. The fourth-order valence-electron chi connectivity index (χ4n) is 3.30. The van der Waals surface area contributed by atoms with Gasteiger partial charge >= 0.3 is 0 Å². The fourth-order valence-corrected chi connectivity index (χ4v) is 3.48. The van der Waals surface area contributed by atoms with Gasteiger partial charge in [0.05, 0.1) is 17.8 Å². The number of methoxy groups -OCH3 is 1. The molecule has 0 amide bonds. The smallest absolute Gasteiger partial charge is 0.125 e. The molecule has 0 bridgehead atoms. The van der Waals surface area contributed by atoms with Crippen LogP contribution in [0.4, 0.5) is 5.69 Å². The van der Waals surface area contributed by atoms with Gasteiger partial charge in [0.25, 0.3) is 0 Å². The summed E-state index contributed by atoms with van der Waals surface area (Å²) in [5.74, 6) is 0.768. The van der Waals surface area contributed by atoms with Crippen molar-refractivity contribution in [3.05, 3.63) is 58.6 Å². The lowest BCUT2D eigenvalue weighted by Gasteiger charge is -2.34. The number of rotatable bonds is 5. The van der Waals surface area contributed by atoms with Crippen molar-refractivity contribution in [1.82, 2.24) is 10.6 Å². The van der Waals surface area contributed by atoms with E-state index in [2.05, 4.69) is 41.0 Å². The van der Waals surface area contributed by atoms with Gasteiger partial charge in [-0.05, 0) is 31.0 Å². The molecule has 1 fully saturated rings. The monoisotopic (exact) mass is 345 g/mol. The number of ether oxygens (including phenoxy) is 1. The predicted octanol–water partition coefficient (Wildman–Crippen LogP) is 3.51. The van der Waals surface area contributed by atoms with Crippen LogP contribution >= 0.6 is 11.6 Å². The molecule has 3 rings (SSSR count). The number of nitrogen functional groups attached to an aromatic ring is 1. The Kier molecular flexibility index (Phi) is 5.61. The number of nitrogens with two attached hydrogens (primary N) is 1. The van der Waals surface area contributed by atoms with Crippen molar-refractivity contribution in [3.8, 4) is 5.75 Å². The molecule has 2 aromatic carbocycles. The second-order valence-electron chi connectivity index (χ2n) is 6.16. The minimum atomic E-state index is 0.315. The van der Waals surface area contributed by atoms with Crippen molar-refractivity contribution in [3.63, 3.8) is 0 Å². The Morgan fingerprint density at radius 1 is 1.29 bits per heavy atom. The maximum Gasteiger partial charge on any atom is 0.125 e. The summed E-state index contributed by atoms with van der Waals surface area (Å²) in [6.07, 6.45) is 2.30. The summed E-state index contributed by atoms with van der Waals surface area (Å²) in [5, 5.41) is 7.86. The molecular weight excluding hydrogens is 322 g/mol. The van der Waals surface area contributed by atoms with Crippen LogP contribution in [0.5, 0.6) is 5.75 Å². The van der Waals surface area contributed by atoms with Crippen LogP contribution in [0.3, 0.4) is 0 Å². The Bertz CT molecular complexity index is 678. The first-order valence-corrected chi connectivity index (χ1v) is 8.70. The summed E-state index contributed by atoms with van der Waals surface area (Å²) in [6.45, 7) is 1.74. The van der Waals surface area contributed by atoms with Crippen molar-refractivity contribution >= 4 is 17.3 Å². The number of piperidine rings is 1. The van der Waals surface area contributed by atoms with E-state index in [0.717, 1.165) is 24.3 Å². The minimum absolute atomic E-state index is 0.315. The van der Waals surface area contributed by atoms with Gasteiger partial charge in [0.2, 0.25) is 0 Å². The normalized spacial score (nSPS) is 20.8. The highest BCUT2D eigenvalue weighted by atomic mass is 35.5. The molecule has 4 N–H and O–H groups in total. The molecule has 0 aromatic heterocycles. The van der Waals surface area contributed by atoms with Crippen LogP contribution in [0.2, 0.25) is 5.02 Å². The highest BCUT2D eigenvalue weighted by Crippen LogP contribution is 2.30. The van der Waals surface area contributed by atoms with Crippen LogP contribution in [0.1, 0.15) is 30.0 Å². The fraction of sp³-hybridized carbons (Fsp3) is 0.368. The van der Waals surface area contributed by atoms with Gasteiger partial charge in [0.15, 0.2) is 0 Å². The zero-order valence-corrected chi connectivity index (χ0v) is 14.6. The molecule has 0 radical (unpaired) electrons. The Hall–Kier alpha value is -1.75. The van der Waals surface area contributed by atoms with Crippen LogP contribution in [-0.2, 0) is 6.54 Å². The maximum absolute atomic E-state index is 6.17. The number of hydrogen-bond donors (Lipinski definition) is 3. The molecule has 128 valence electrons. The first-order valence-electron chi connectivity index (χ1n) is 8.32. The average molecular weight is 346 g/mol. The van der Waals surface area contributed by atoms with Crippen molar-refractivity contribution < 1.29 is 4.74 Å². The molecule has 5 heteroatoms. The number of hydrogen-bond acceptors (Lipinski definition) is 4. The lowest BCUT2D eigenvalue weighted by Crippen LogP contribution is -2.45. The summed E-state index contributed by atoms with van der Waals surface area (Å²) in [4.78, 5) is 0. The predicted molar refractivity (Wildman–Crippen MR) is 99.5 cm³/mol. The van der Waals surface area contributed by atoms with Crippen LogP contribution in [0.15, 0.2) is 42.5 Å². The van der Waals surface area contributed by atoms with E-state index in [-0.39, 0.29) is 0 Å². The van der Waals surface area contributed by atoms with Crippen LogP contribution in [-0.4, -0.2) is 19.7 Å². The molecule has 0 spiro atoms. The van der Waals surface area contributed by atoms with E-state index in [1.54, 1.807) is 13.2 Å². The van der Waals surface area contributed by atoms with E-state index in [9.17, 15) is 0 Å². The van der Waals surface area contributed by atoms with Gasteiger partial charge in [0.1, 0.15) is 5.75 Å². The molecule has 24 heavy (non-hydrogen) atoms. The summed E-state index contributed by atoms with van der Waals surface area (Å²) in [6, 6.07) is 14.9. The van der Waals surface area contributed by atoms with Gasteiger partial charge < -0.3 is 21.1 Å². The summed E-state index contributed by atoms with van der Waals surface area (Å²) in [5.41, 5.74) is 8.74. The van der Waals surface area contributed by atoms with Crippen LogP contribution in [0, 0.1) is 0 Å². The molecule has 0 saturated carbocycles. The quantitative estimate of drug-likeness (QED) is 0.726. The van der Waals surface area contributed by atoms with Crippen molar-refractivity contribution in [2.24, 2.45) is 0 Å². The van der Waals surface area contributed by atoms with Crippen LogP contribution in [0.25, 0.3) is 0 Å². The lowest BCUT2D eigenvalue weighted by atomic mass is 9.92. The second-order valence-corrected chi connectivity index (χ2v) is 6.56. The third kappa shape index (κ3) is 3.83. The Labute approximate surface area is 148 Å².